The van der Waals surface area contributed by atoms with Crippen molar-refractivity contribution in [2.75, 3.05) is 6.54 Å². The number of nitrogens with two attached hydrogens (primary N) is 1. The Balaban J connectivity index is 2.40. The zero-order valence-electron chi connectivity index (χ0n) is 8.55. The fourth-order valence-electron chi connectivity index (χ4n) is 1.49. The Morgan fingerprint density at radius 1 is 1.38 bits per heavy atom. The number of rotatable bonds is 3. The van der Waals surface area contributed by atoms with Crippen LogP contribution in [0.5, 0.6) is 0 Å². The minimum absolute atomic E-state index is 0.166. The Kier molecular flexibility index (Phi) is 3.24. The number of aliphatic hydroxyl groups is 1. The van der Waals surface area contributed by atoms with Crippen LogP contribution in [0, 0.1) is 0 Å². The molecule has 0 amide bonds. The van der Waals surface area contributed by atoms with Gasteiger partial charge in [0.15, 0.2) is 0 Å². The van der Waals surface area contributed by atoms with Crippen LogP contribution in [0.2, 0.25) is 5.02 Å². The zero-order chi connectivity index (χ0) is 11.5. The van der Waals surface area contributed by atoms with Crippen molar-refractivity contribution in [3.05, 3.63) is 47.5 Å². The van der Waals surface area contributed by atoms with E-state index in [1.165, 1.54) is 0 Å². The van der Waals surface area contributed by atoms with Gasteiger partial charge in [0.25, 0.3) is 0 Å². The summed E-state index contributed by atoms with van der Waals surface area (Å²) in [5.41, 5.74) is 6.99. The van der Waals surface area contributed by atoms with Crippen molar-refractivity contribution < 1.29 is 5.11 Å². The normalized spacial score (nSPS) is 12.7. The first kappa shape index (κ1) is 11.1. The van der Waals surface area contributed by atoms with Crippen molar-refractivity contribution in [2.45, 2.75) is 6.10 Å². The van der Waals surface area contributed by atoms with Gasteiger partial charge >= 0.3 is 0 Å². The molecule has 1 aromatic carbocycles. The lowest BCUT2D eigenvalue weighted by atomic mass is 10.2. The molecule has 0 aliphatic carbocycles. The molecule has 0 bridgehead atoms. The average Bonchev–Trinajstić information content (AvgIpc) is 2.78. The van der Waals surface area contributed by atoms with E-state index in [0.717, 1.165) is 5.69 Å². The summed E-state index contributed by atoms with van der Waals surface area (Å²) in [5.74, 6) is 0. The van der Waals surface area contributed by atoms with E-state index in [2.05, 4.69) is 4.98 Å². The summed E-state index contributed by atoms with van der Waals surface area (Å²) in [5, 5.41) is 10.4. The fourth-order valence-corrected chi connectivity index (χ4v) is 1.62. The van der Waals surface area contributed by atoms with Crippen LogP contribution >= 0.6 is 11.6 Å². The molecule has 1 aromatic heterocycles. The van der Waals surface area contributed by atoms with Gasteiger partial charge in [-0.25, -0.2) is 4.98 Å². The van der Waals surface area contributed by atoms with Gasteiger partial charge in [-0.3, -0.25) is 0 Å². The topological polar surface area (TPSA) is 64.1 Å². The van der Waals surface area contributed by atoms with Gasteiger partial charge in [-0.05, 0) is 24.3 Å². The quantitative estimate of drug-likeness (QED) is 0.851. The van der Waals surface area contributed by atoms with E-state index in [-0.39, 0.29) is 6.54 Å². The summed E-state index contributed by atoms with van der Waals surface area (Å²) < 4.78 is 1.79. The Morgan fingerprint density at radius 2 is 2.06 bits per heavy atom. The second-order valence-electron chi connectivity index (χ2n) is 3.42. The number of benzene rings is 1. The van der Waals surface area contributed by atoms with Crippen molar-refractivity contribution in [3.8, 4) is 5.69 Å². The fraction of sp³-hybridized carbons (Fsp3) is 0.182. The first-order valence-electron chi connectivity index (χ1n) is 4.88. The van der Waals surface area contributed by atoms with Crippen LogP contribution in [0.1, 0.15) is 11.8 Å². The van der Waals surface area contributed by atoms with Gasteiger partial charge in [-0.2, -0.15) is 0 Å². The summed E-state index contributed by atoms with van der Waals surface area (Å²) in [7, 11) is 0. The lowest BCUT2D eigenvalue weighted by Crippen LogP contribution is -2.14. The van der Waals surface area contributed by atoms with Crippen LogP contribution in [0.15, 0.2) is 36.8 Å². The lowest BCUT2D eigenvalue weighted by molar-refractivity contribution is 0.180. The summed E-state index contributed by atoms with van der Waals surface area (Å²) in [6.45, 7) is 0.166. The van der Waals surface area contributed by atoms with E-state index in [4.69, 9.17) is 17.3 Å². The third-order valence-electron chi connectivity index (χ3n) is 2.34. The molecule has 16 heavy (non-hydrogen) atoms. The number of nitrogens with zero attached hydrogens (tertiary/aromatic N) is 2. The second kappa shape index (κ2) is 4.65. The summed E-state index contributed by atoms with van der Waals surface area (Å²) >= 11 is 5.81. The number of hydrogen-bond donors (Lipinski definition) is 2. The summed E-state index contributed by atoms with van der Waals surface area (Å²) in [6.07, 6.45) is 2.53. The number of aromatic nitrogens is 2. The molecule has 1 atom stereocenters. The van der Waals surface area contributed by atoms with Crippen molar-refractivity contribution in [2.24, 2.45) is 5.73 Å². The van der Waals surface area contributed by atoms with Gasteiger partial charge < -0.3 is 15.4 Å². The van der Waals surface area contributed by atoms with Crippen LogP contribution in [0.3, 0.4) is 0 Å². The van der Waals surface area contributed by atoms with Gasteiger partial charge in [0.05, 0.1) is 18.2 Å². The van der Waals surface area contributed by atoms with Gasteiger partial charge in [0, 0.05) is 17.3 Å². The minimum Gasteiger partial charge on any atom is -0.385 e. The largest absolute Gasteiger partial charge is 0.385 e. The van der Waals surface area contributed by atoms with E-state index in [9.17, 15) is 5.11 Å². The van der Waals surface area contributed by atoms with Crippen molar-refractivity contribution in [1.29, 1.82) is 0 Å². The Morgan fingerprint density at radius 3 is 2.69 bits per heavy atom. The highest BCUT2D eigenvalue weighted by Gasteiger charge is 2.11. The first-order chi connectivity index (χ1) is 7.72. The van der Waals surface area contributed by atoms with Crippen LogP contribution in [0.25, 0.3) is 5.69 Å². The van der Waals surface area contributed by atoms with E-state index >= 15 is 0 Å². The van der Waals surface area contributed by atoms with Crippen LogP contribution in [0.4, 0.5) is 0 Å². The summed E-state index contributed by atoms with van der Waals surface area (Å²) in [4.78, 5) is 4.00. The maximum Gasteiger partial charge on any atom is 0.108 e. The molecular weight excluding hydrogens is 226 g/mol. The van der Waals surface area contributed by atoms with E-state index in [0.29, 0.717) is 10.7 Å². The number of imidazole rings is 1. The number of halogens is 1. The van der Waals surface area contributed by atoms with Gasteiger partial charge in [0.1, 0.15) is 6.10 Å². The third-order valence-corrected chi connectivity index (χ3v) is 2.59. The van der Waals surface area contributed by atoms with Crippen LogP contribution in [-0.4, -0.2) is 21.2 Å². The van der Waals surface area contributed by atoms with Crippen molar-refractivity contribution >= 4 is 11.6 Å². The molecule has 3 N–H and O–H groups in total. The molecule has 0 aliphatic rings. The molecule has 5 heteroatoms. The third kappa shape index (κ3) is 2.09. The minimum atomic E-state index is -0.710. The molecule has 0 saturated carbocycles. The monoisotopic (exact) mass is 237 g/mol. The maximum atomic E-state index is 9.70. The molecule has 1 unspecified atom stereocenters. The van der Waals surface area contributed by atoms with Crippen LogP contribution < -0.4 is 5.73 Å². The molecule has 0 saturated heterocycles. The lowest BCUT2D eigenvalue weighted by Gasteiger charge is -2.11. The SMILES string of the molecule is NCC(O)c1cncn1-c1ccc(Cl)cc1. The zero-order valence-corrected chi connectivity index (χ0v) is 9.30. The molecule has 0 aliphatic heterocycles. The molecule has 2 rings (SSSR count). The van der Waals surface area contributed by atoms with Gasteiger partial charge in [0.2, 0.25) is 0 Å². The number of hydrogen-bond acceptors (Lipinski definition) is 3. The molecule has 4 nitrogen and oxygen atoms in total. The molecule has 2 aromatic rings. The molecule has 84 valence electrons. The molecule has 0 radical (unpaired) electrons. The average molecular weight is 238 g/mol. The first-order valence-corrected chi connectivity index (χ1v) is 5.26. The van der Waals surface area contributed by atoms with Gasteiger partial charge in [-0.15, -0.1) is 0 Å². The van der Waals surface area contributed by atoms with Crippen molar-refractivity contribution in [3.63, 3.8) is 0 Å². The second-order valence-corrected chi connectivity index (χ2v) is 3.85. The molecule has 0 fully saturated rings. The van der Waals surface area contributed by atoms with Crippen molar-refractivity contribution in [1.82, 2.24) is 9.55 Å². The predicted molar refractivity (Wildman–Crippen MR) is 62.6 cm³/mol. The highest BCUT2D eigenvalue weighted by molar-refractivity contribution is 6.30. The predicted octanol–water partition coefficient (Wildman–Crippen LogP) is 1.52. The van der Waals surface area contributed by atoms with Crippen LogP contribution in [-0.2, 0) is 0 Å². The van der Waals surface area contributed by atoms with E-state index in [1.807, 2.05) is 12.1 Å². The van der Waals surface area contributed by atoms with E-state index in [1.54, 1.807) is 29.2 Å². The number of aliphatic hydroxyl groups excluding tert-OH is 1. The Bertz CT molecular complexity index is 466. The Labute approximate surface area is 98.3 Å². The highest BCUT2D eigenvalue weighted by atomic mass is 35.5. The van der Waals surface area contributed by atoms with Gasteiger partial charge in [-0.1, -0.05) is 11.6 Å². The standard InChI is InChI=1S/C11H12ClN3O/c12-8-1-3-9(4-2-8)15-7-14-6-10(15)11(16)5-13/h1-4,6-7,11,16H,5,13H2. The highest BCUT2D eigenvalue weighted by Crippen LogP contribution is 2.18. The maximum absolute atomic E-state index is 9.70. The van der Waals surface area contributed by atoms with E-state index < -0.39 is 6.10 Å². The molecule has 0 spiro atoms. The molecule has 1 heterocycles. The smallest absolute Gasteiger partial charge is 0.108 e. The summed E-state index contributed by atoms with van der Waals surface area (Å²) in [6, 6.07) is 7.29. The molecular formula is C11H12ClN3O. The Hall–Kier alpha value is -1.36.